The number of aryl methyl sites for hydroxylation is 1. The number of methoxy groups -OCH3 is 1. The highest BCUT2D eigenvalue weighted by Gasteiger charge is 2.18. The molecule has 0 spiro atoms. The van der Waals surface area contributed by atoms with Crippen LogP contribution >= 0.6 is 34.0 Å². The Kier molecular flexibility index (Phi) is 4.56. The molecule has 0 aliphatic carbocycles. The molecule has 4 heteroatoms. The van der Waals surface area contributed by atoms with Crippen LogP contribution < -0.4 is 4.74 Å². The number of ether oxygens (including phenoxy) is 1. The molecular formula is C30H20OS3. The van der Waals surface area contributed by atoms with Gasteiger partial charge < -0.3 is 4.74 Å². The number of rotatable bonds is 3. The first-order valence-corrected chi connectivity index (χ1v) is 13.8. The third-order valence-electron chi connectivity index (χ3n) is 6.65. The lowest BCUT2D eigenvalue weighted by Crippen LogP contribution is -1.84. The second kappa shape index (κ2) is 7.67. The average molecular weight is 493 g/mol. The summed E-state index contributed by atoms with van der Waals surface area (Å²) >= 11 is 5.65. The third-order valence-corrected chi connectivity index (χ3v) is 10.0. The fourth-order valence-corrected chi connectivity index (χ4v) is 8.33. The summed E-state index contributed by atoms with van der Waals surface area (Å²) < 4.78 is 11.0. The van der Waals surface area contributed by atoms with Crippen molar-refractivity contribution in [3.05, 3.63) is 89.1 Å². The fraction of sp³-hybridized carbons (Fsp3) is 0.0667. The molecule has 0 saturated heterocycles. The lowest BCUT2D eigenvalue weighted by Gasteiger charge is -2.08. The number of hydrogen-bond donors (Lipinski definition) is 0. The zero-order chi connectivity index (χ0) is 22.8. The predicted octanol–water partition coefficient (Wildman–Crippen LogP) is 10.1. The number of hydrogen-bond acceptors (Lipinski definition) is 4. The van der Waals surface area contributed by atoms with Crippen molar-refractivity contribution in [2.45, 2.75) is 6.92 Å². The van der Waals surface area contributed by atoms with Crippen LogP contribution in [-0.2, 0) is 0 Å². The quantitative estimate of drug-likeness (QED) is 0.238. The summed E-state index contributed by atoms with van der Waals surface area (Å²) in [6, 6.07) is 26.7. The standard InChI is InChI=1S/C30H20OS3/c1-17-3-5-18(6-4-17)23-15-25-26-16-24(19-7-9-20(31-2)10-8-19)22-12-14-33-28(22)30(26)34-29(25)27-21(23)11-13-32-27/h3-16H,1-2H3. The first kappa shape index (κ1) is 20.2. The molecule has 0 N–H and O–H groups in total. The molecule has 0 unspecified atom stereocenters. The molecule has 3 heterocycles. The van der Waals surface area contributed by atoms with E-state index in [1.165, 1.54) is 68.2 Å². The van der Waals surface area contributed by atoms with E-state index in [0.29, 0.717) is 0 Å². The highest BCUT2D eigenvalue weighted by molar-refractivity contribution is 7.33. The van der Waals surface area contributed by atoms with Crippen LogP contribution in [0.3, 0.4) is 0 Å². The molecule has 3 aromatic heterocycles. The van der Waals surface area contributed by atoms with Gasteiger partial charge in [-0.3, -0.25) is 0 Å². The maximum Gasteiger partial charge on any atom is 0.118 e. The van der Waals surface area contributed by atoms with Gasteiger partial charge in [0.2, 0.25) is 0 Å². The van der Waals surface area contributed by atoms with E-state index in [-0.39, 0.29) is 0 Å². The van der Waals surface area contributed by atoms with Crippen molar-refractivity contribution in [2.24, 2.45) is 0 Å². The van der Waals surface area contributed by atoms with E-state index in [4.69, 9.17) is 4.74 Å². The van der Waals surface area contributed by atoms with Crippen molar-refractivity contribution < 1.29 is 4.74 Å². The first-order chi connectivity index (χ1) is 16.7. The number of thiophene rings is 3. The molecule has 4 aromatic carbocycles. The van der Waals surface area contributed by atoms with Gasteiger partial charge in [-0.2, -0.15) is 0 Å². The minimum Gasteiger partial charge on any atom is -0.497 e. The van der Waals surface area contributed by atoms with Crippen molar-refractivity contribution in [3.8, 4) is 28.0 Å². The highest BCUT2D eigenvalue weighted by atomic mass is 32.1. The molecule has 34 heavy (non-hydrogen) atoms. The van der Waals surface area contributed by atoms with E-state index in [1.807, 2.05) is 46.1 Å². The topological polar surface area (TPSA) is 9.23 Å². The largest absolute Gasteiger partial charge is 0.497 e. The van der Waals surface area contributed by atoms with Crippen LogP contribution in [0.2, 0.25) is 0 Å². The predicted molar refractivity (Wildman–Crippen MR) is 152 cm³/mol. The normalized spacial score (nSPS) is 11.8. The molecule has 0 radical (unpaired) electrons. The maximum atomic E-state index is 5.39. The molecule has 0 aliphatic heterocycles. The van der Waals surface area contributed by atoms with Crippen LogP contribution in [-0.4, -0.2) is 7.11 Å². The molecule has 0 atom stereocenters. The van der Waals surface area contributed by atoms with Gasteiger partial charge in [0.05, 0.1) is 25.9 Å². The van der Waals surface area contributed by atoms with Crippen LogP contribution in [0.1, 0.15) is 5.56 Å². The molecule has 164 valence electrons. The van der Waals surface area contributed by atoms with Gasteiger partial charge in [0.15, 0.2) is 0 Å². The van der Waals surface area contributed by atoms with Gasteiger partial charge in [-0.25, -0.2) is 0 Å². The Balaban J connectivity index is 1.58. The van der Waals surface area contributed by atoms with Gasteiger partial charge >= 0.3 is 0 Å². The van der Waals surface area contributed by atoms with Crippen LogP contribution in [0.4, 0.5) is 0 Å². The SMILES string of the molecule is COc1ccc(-c2cc3c4cc(-c5ccc(C)cc5)c5ccsc5c4sc3c3sccc23)cc1. The van der Waals surface area contributed by atoms with Crippen LogP contribution in [0.5, 0.6) is 5.75 Å². The zero-order valence-corrected chi connectivity index (χ0v) is 21.2. The van der Waals surface area contributed by atoms with Crippen molar-refractivity contribution in [1.82, 2.24) is 0 Å². The monoisotopic (exact) mass is 492 g/mol. The minimum atomic E-state index is 0.884. The minimum absolute atomic E-state index is 0.884. The Morgan fingerprint density at radius 3 is 1.56 bits per heavy atom. The Morgan fingerprint density at radius 2 is 1.06 bits per heavy atom. The van der Waals surface area contributed by atoms with Gasteiger partial charge in [0.25, 0.3) is 0 Å². The summed E-state index contributed by atoms with van der Waals surface area (Å²) in [7, 11) is 1.71. The molecule has 0 aliphatic rings. The zero-order valence-electron chi connectivity index (χ0n) is 18.7. The summed E-state index contributed by atoms with van der Waals surface area (Å²) in [5.41, 5.74) is 6.40. The number of fused-ring (bicyclic) bond motifs is 7. The van der Waals surface area contributed by atoms with E-state index < -0.39 is 0 Å². The number of benzene rings is 4. The van der Waals surface area contributed by atoms with Gasteiger partial charge in [0.1, 0.15) is 5.75 Å². The van der Waals surface area contributed by atoms with Crippen molar-refractivity contribution >= 4 is 74.4 Å². The average Bonchev–Trinajstić information content (AvgIpc) is 3.61. The van der Waals surface area contributed by atoms with Gasteiger partial charge in [-0.1, -0.05) is 42.0 Å². The second-order valence-electron chi connectivity index (χ2n) is 8.63. The van der Waals surface area contributed by atoms with Gasteiger partial charge in [-0.05, 0) is 76.3 Å². The first-order valence-electron chi connectivity index (χ1n) is 11.2. The Bertz CT molecular complexity index is 1830. The van der Waals surface area contributed by atoms with Gasteiger partial charge in [0, 0.05) is 21.5 Å². The lowest BCUT2D eigenvalue weighted by molar-refractivity contribution is 0.415. The summed E-state index contributed by atoms with van der Waals surface area (Å²) in [5.74, 6) is 0.884. The van der Waals surface area contributed by atoms with Crippen LogP contribution in [0.15, 0.2) is 83.6 Å². The maximum absolute atomic E-state index is 5.39. The smallest absolute Gasteiger partial charge is 0.118 e. The van der Waals surface area contributed by atoms with E-state index in [0.717, 1.165) is 5.75 Å². The van der Waals surface area contributed by atoms with Crippen molar-refractivity contribution in [3.63, 3.8) is 0 Å². The molecule has 1 nitrogen and oxygen atoms in total. The van der Waals surface area contributed by atoms with Crippen molar-refractivity contribution in [1.29, 1.82) is 0 Å². The molecule has 7 rings (SSSR count). The van der Waals surface area contributed by atoms with Crippen molar-refractivity contribution in [2.75, 3.05) is 7.11 Å². The molecule has 0 amide bonds. The van der Waals surface area contributed by atoms with Gasteiger partial charge in [-0.15, -0.1) is 34.0 Å². The van der Waals surface area contributed by atoms with E-state index >= 15 is 0 Å². The Morgan fingerprint density at radius 1 is 0.559 bits per heavy atom. The highest BCUT2D eigenvalue weighted by Crippen LogP contribution is 2.49. The molecule has 7 aromatic rings. The third kappa shape index (κ3) is 2.96. The summed E-state index contributed by atoms with van der Waals surface area (Å²) in [5, 5.41) is 9.84. The fourth-order valence-electron chi connectivity index (χ4n) is 4.90. The molecule has 0 saturated carbocycles. The lowest BCUT2D eigenvalue weighted by atomic mass is 9.96. The molecular weight excluding hydrogens is 473 g/mol. The molecule has 0 fully saturated rings. The summed E-state index contributed by atoms with van der Waals surface area (Å²) in [6.45, 7) is 2.15. The van der Waals surface area contributed by atoms with E-state index in [1.54, 1.807) is 7.11 Å². The molecule has 0 bridgehead atoms. The van der Waals surface area contributed by atoms with Crippen LogP contribution in [0, 0.1) is 6.92 Å². The Hall–Kier alpha value is -3.18. The van der Waals surface area contributed by atoms with E-state index in [9.17, 15) is 0 Å². The Labute approximate surface area is 209 Å². The second-order valence-corrected chi connectivity index (χ2v) is 11.5. The summed E-state index contributed by atoms with van der Waals surface area (Å²) in [6.07, 6.45) is 0. The summed E-state index contributed by atoms with van der Waals surface area (Å²) in [4.78, 5) is 0. The van der Waals surface area contributed by atoms with E-state index in [2.05, 4.69) is 78.3 Å². The van der Waals surface area contributed by atoms with Crippen LogP contribution in [0.25, 0.3) is 62.6 Å².